The zero-order valence-corrected chi connectivity index (χ0v) is 14.7. The molecule has 1 rings (SSSR count). The Balaban J connectivity index is 2.28. The van der Waals surface area contributed by atoms with Crippen LogP contribution in [0.15, 0.2) is 27.8 Å². The standard InChI is InChI=1S/C15H22BrN3S/c1-12(2)19-15(3,11-17)8-4-5-10-20-14-13(16)7-6-9-18-14/h6-7,9,12,19H,4-5,8,10H2,1-3H3. The van der Waals surface area contributed by atoms with E-state index in [9.17, 15) is 5.26 Å². The number of rotatable bonds is 8. The molecule has 5 heteroatoms. The first-order valence-electron chi connectivity index (χ1n) is 6.89. The van der Waals surface area contributed by atoms with Gasteiger partial charge in [0.2, 0.25) is 0 Å². The molecule has 0 saturated heterocycles. The predicted octanol–water partition coefficient (Wildman–Crippen LogP) is 4.39. The lowest BCUT2D eigenvalue weighted by Crippen LogP contribution is -2.44. The van der Waals surface area contributed by atoms with Crippen LogP contribution < -0.4 is 5.32 Å². The van der Waals surface area contributed by atoms with Gasteiger partial charge in [0.1, 0.15) is 10.6 Å². The number of hydrogen-bond donors (Lipinski definition) is 1. The van der Waals surface area contributed by atoms with Gasteiger partial charge in [-0.15, -0.1) is 11.8 Å². The van der Waals surface area contributed by atoms with Crippen molar-refractivity contribution >= 4 is 27.7 Å². The normalized spacial score (nSPS) is 14.0. The Bertz CT molecular complexity index is 459. The van der Waals surface area contributed by atoms with Gasteiger partial charge >= 0.3 is 0 Å². The summed E-state index contributed by atoms with van der Waals surface area (Å²) in [5.74, 6) is 1.03. The minimum atomic E-state index is -0.412. The molecule has 1 N–H and O–H groups in total. The van der Waals surface area contributed by atoms with Crippen molar-refractivity contribution in [1.29, 1.82) is 5.26 Å². The first-order chi connectivity index (χ1) is 9.47. The van der Waals surface area contributed by atoms with Crippen LogP contribution in [0.5, 0.6) is 0 Å². The number of hydrogen-bond acceptors (Lipinski definition) is 4. The smallest absolute Gasteiger partial charge is 0.110 e. The highest BCUT2D eigenvalue weighted by molar-refractivity contribution is 9.10. The number of nitrogens with zero attached hydrogens (tertiary/aromatic N) is 2. The second kappa shape index (κ2) is 8.66. The third kappa shape index (κ3) is 6.25. The van der Waals surface area contributed by atoms with Gasteiger partial charge in [0, 0.05) is 16.7 Å². The molecule has 0 spiro atoms. The van der Waals surface area contributed by atoms with Gasteiger partial charge in [-0.1, -0.05) is 0 Å². The number of pyridine rings is 1. The molecule has 1 heterocycles. The molecule has 1 atom stereocenters. The van der Waals surface area contributed by atoms with E-state index in [1.54, 1.807) is 11.8 Å². The molecule has 1 aromatic heterocycles. The van der Waals surface area contributed by atoms with Crippen molar-refractivity contribution in [2.75, 3.05) is 5.75 Å². The summed E-state index contributed by atoms with van der Waals surface area (Å²) in [6.45, 7) is 6.13. The summed E-state index contributed by atoms with van der Waals surface area (Å²) in [5.41, 5.74) is -0.412. The molecular weight excluding hydrogens is 334 g/mol. The zero-order chi connectivity index (χ0) is 15.0. The SMILES string of the molecule is CC(C)NC(C)(C#N)CCCCSc1ncccc1Br. The molecule has 0 saturated carbocycles. The fraction of sp³-hybridized carbons (Fsp3) is 0.600. The minimum absolute atomic E-state index is 0.332. The Morgan fingerprint density at radius 1 is 1.50 bits per heavy atom. The number of nitrogens with one attached hydrogen (secondary N) is 1. The van der Waals surface area contributed by atoms with Crippen LogP contribution in [0.25, 0.3) is 0 Å². The molecule has 0 radical (unpaired) electrons. The van der Waals surface area contributed by atoms with Gasteiger partial charge in [-0.3, -0.25) is 5.32 Å². The number of thioether (sulfide) groups is 1. The lowest BCUT2D eigenvalue weighted by atomic mass is 9.96. The molecule has 110 valence electrons. The van der Waals surface area contributed by atoms with Gasteiger partial charge in [0.25, 0.3) is 0 Å². The summed E-state index contributed by atoms with van der Waals surface area (Å²) in [4.78, 5) is 4.33. The molecule has 3 nitrogen and oxygen atoms in total. The molecule has 1 aromatic rings. The van der Waals surface area contributed by atoms with E-state index in [1.165, 1.54) is 0 Å². The largest absolute Gasteiger partial charge is 0.297 e. The van der Waals surface area contributed by atoms with Crippen LogP contribution in [0.1, 0.15) is 40.0 Å². The highest BCUT2D eigenvalue weighted by Gasteiger charge is 2.23. The minimum Gasteiger partial charge on any atom is -0.297 e. The Kier molecular flexibility index (Phi) is 7.57. The van der Waals surface area contributed by atoms with Crippen LogP contribution in [0, 0.1) is 11.3 Å². The van der Waals surface area contributed by atoms with Crippen molar-refractivity contribution in [1.82, 2.24) is 10.3 Å². The topological polar surface area (TPSA) is 48.7 Å². The van der Waals surface area contributed by atoms with Crippen molar-refractivity contribution in [3.63, 3.8) is 0 Å². The van der Waals surface area contributed by atoms with Crippen LogP contribution in [-0.4, -0.2) is 22.3 Å². The second-order valence-electron chi connectivity index (χ2n) is 5.34. The van der Waals surface area contributed by atoms with Crippen LogP contribution in [0.4, 0.5) is 0 Å². The van der Waals surface area contributed by atoms with Gasteiger partial charge < -0.3 is 0 Å². The zero-order valence-electron chi connectivity index (χ0n) is 12.3. The fourth-order valence-corrected chi connectivity index (χ4v) is 3.51. The predicted molar refractivity (Wildman–Crippen MR) is 88.8 cm³/mol. The molecule has 1 unspecified atom stereocenters. The maximum atomic E-state index is 9.27. The molecule has 0 bridgehead atoms. The summed E-state index contributed by atoms with van der Waals surface area (Å²) < 4.78 is 1.05. The lowest BCUT2D eigenvalue weighted by molar-refractivity contribution is 0.372. The van der Waals surface area contributed by atoms with Crippen molar-refractivity contribution in [2.45, 2.75) is 56.6 Å². The molecule has 0 fully saturated rings. The number of nitriles is 1. The van der Waals surface area contributed by atoms with Crippen LogP contribution >= 0.6 is 27.7 Å². The number of halogens is 1. The van der Waals surface area contributed by atoms with Crippen LogP contribution in [0.2, 0.25) is 0 Å². The maximum Gasteiger partial charge on any atom is 0.110 e. The van der Waals surface area contributed by atoms with Crippen LogP contribution in [0.3, 0.4) is 0 Å². The van der Waals surface area contributed by atoms with Gasteiger partial charge in [-0.2, -0.15) is 5.26 Å². The Labute approximate surface area is 134 Å². The number of aromatic nitrogens is 1. The number of unbranched alkanes of at least 4 members (excludes halogenated alkanes) is 1. The van der Waals surface area contributed by atoms with Crippen molar-refractivity contribution < 1.29 is 0 Å². The van der Waals surface area contributed by atoms with E-state index >= 15 is 0 Å². The molecule has 0 aromatic carbocycles. The lowest BCUT2D eigenvalue weighted by Gasteiger charge is -2.25. The van der Waals surface area contributed by atoms with E-state index in [0.717, 1.165) is 34.5 Å². The van der Waals surface area contributed by atoms with Crippen molar-refractivity contribution in [3.05, 3.63) is 22.8 Å². The quantitative estimate of drug-likeness (QED) is 0.554. The van der Waals surface area contributed by atoms with Crippen molar-refractivity contribution in [3.8, 4) is 6.07 Å². The molecule has 0 aliphatic heterocycles. The van der Waals surface area contributed by atoms with Gasteiger partial charge in [-0.25, -0.2) is 4.98 Å². The van der Waals surface area contributed by atoms with E-state index in [2.05, 4.69) is 46.1 Å². The van der Waals surface area contributed by atoms with E-state index in [-0.39, 0.29) is 0 Å². The third-order valence-electron chi connectivity index (χ3n) is 2.89. The molecule has 0 aliphatic rings. The second-order valence-corrected chi connectivity index (χ2v) is 7.28. The summed E-state index contributed by atoms with van der Waals surface area (Å²) in [5, 5.41) is 13.6. The Morgan fingerprint density at radius 3 is 2.85 bits per heavy atom. The van der Waals surface area contributed by atoms with E-state index in [0.29, 0.717) is 6.04 Å². The highest BCUT2D eigenvalue weighted by Crippen LogP contribution is 2.26. The first kappa shape index (κ1) is 17.5. The van der Waals surface area contributed by atoms with E-state index < -0.39 is 5.54 Å². The van der Waals surface area contributed by atoms with Gasteiger partial charge in [-0.05, 0) is 73.8 Å². The van der Waals surface area contributed by atoms with Crippen LogP contribution in [-0.2, 0) is 0 Å². The molecule has 0 amide bonds. The molecule has 0 aliphatic carbocycles. The van der Waals surface area contributed by atoms with Crippen molar-refractivity contribution in [2.24, 2.45) is 0 Å². The van der Waals surface area contributed by atoms with Gasteiger partial charge in [0.05, 0.1) is 6.07 Å². The third-order valence-corrected chi connectivity index (χ3v) is 4.88. The van der Waals surface area contributed by atoms with E-state index in [1.807, 2.05) is 25.3 Å². The van der Waals surface area contributed by atoms with E-state index in [4.69, 9.17) is 0 Å². The average molecular weight is 356 g/mol. The Hall–Kier alpha value is -0.570. The monoisotopic (exact) mass is 355 g/mol. The van der Waals surface area contributed by atoms with Gasteiger partial charge in [0.15, 0.2) is 0 Å². The summed E-state index contributed by atoms with van der Waals surface area (Å²) >= 11 is 5.26. The summed E-state index contributed by atoms with van der Waals surface area (Å²) in [6.07, 6.45) is 4.82. The molecular formula is C15H22BrN3S. The maximum absolute atomic E-state index is 9.27. The Morgan fingerprint density at radius 2 is 2.25 bits per heavy atom. The molecule has 20 heavy (non-hydrogen) atoms. The average Bonchev–Trinajstić information content (AvgIpc) is 2.39. The first-order valence-corrected chi connectivity index (χ1v) is 8.67. The highest BCUT2D eigenvalue weighted by atomic mass is 79.9. The fourth-order valence-electron chi connectivity index (χ4n) is 2.02. The summed E-state index contributed by atoms with van der Waals surface area (Å²) in [6, 6.07) is 6.65. The summed E-state index contributed by atoms with van der Waals surface area (Å²) in [7, 11) is 0.